The van der Waals surface area contributed by atoms with Crippen molar-refractivity contribution in [1.82, 2.24) is 20.8 Å². The first-order valence-electron chi connectivity index (χ1n) is 6.18. The highest BCUT2D eigenvalue weighted by atomic mass is 16.4. The molecule has 1 aliphatic heterocycles. The molecular formula is C11H19N5O2. The summed E-state index contributed by atoms with van der Waals surface area (Å²) in [5, 5.41) is 14.0. The second-order valence-electron chi connectivity index (χ2n) is 4.67. The van der Waals surface area contributed by atoms with Gasteiger partial charge in [0.25, 0.3) is 0 Å². The quantitative estimate of drug-likeness (QED) is 0.779. The van der Waals surface area contributed by atoms with Gasteiger partial charge in [0.15, 0.2) is 0 Å². The Kier molecular flexibility index (Phi) is 3.81. The molecule has 18 heavy (non-hydrogen) atoms. The molecule has 1 unspecified atom stereocenters. The fraction of sp³-hybridized carbons (Fsp3) is 0.727. The number of piperazine rings is 1. The Bertz CT molecular complexity index is 417. The van der Waals surface area contributed by atoms with Gasteiger partial charge < -0.3 is 20.0 Å². The number of hydrogen-bond acceptors (Lipinski definition) is 6. The smallest absolute Gasteiger partial charge is 0.318 e. The van der Waals surface area contributed by atoms with Crippen LogP contribution in [0.25, 0.3) is 0 Å². The summed E-state index contributed by atoms with van der Waals surface area (Å²) in [5.41, 5.74) is 0. The SMILES string of the molecule is CC(C)NCc1nnc(N2CCNC(=O)C2C)o1. The van der Waals surface area contributed by atoms with Crippen molar-refractivity contribution in [3.63, 3.8) is 0 Å². The van der Waals surface area contributed by atoms with Gasteiger partial charge in [-0.2, -0.15) is 0 Å². The maximum Gasteiger partial charge on any atom is 0.318 e. The number of nitrogens with zero attached hydrogens (tertiary/aromatic N) is 3. The van der Waals surface area contributed by atoms with Gasteiger partial charge in [0.1, 0.15) is 6.04 Å². The summed E-state index contributed by atoms with van der Waals surface area (Å²) in [6.07, 6.45) is 0. The van der Waals surface area contributed by atoms with E-state index in [4.69, 9.17) is 4.42 Å². The van der Waals surface area contributed by atoms with Crippen molar-refractivity contribution in [2.24, 2.45) is 0 Å². The third-order valence-electron chi connectivity index (χ3n) is 2.86. The number of carbonyl (C=O) groups is 1. The largest absolute Gasteiger partial charge is 0.407 e. The molecule has 1 amide bonds. The van der Waals surface area contributed by atoms with Crippen LogP contribution in [0.1, 0.15) is 26.7 Å². The van der Waals surface area contributed by atoms with Crippen LogP contribution in [-0.2, 0) is 11.3 Å². The van der Waals surface area contributed by atoms with E-state index in [0.717, 1.165) is 0 Å². The topological polar surface area (TPSA) is 83.3 Å². The highest BCUT2D eigenvalue weighted by molar-refractivity contribution is 5.85. The maximum atomic E-state index is 11.5. The molecule has 0 aromatic carbocycles. The van der Waals surface area contributed by atoms with Crippen LogP contribution < -0.4 is 15.5 Å². The van der Waals surface area contributed by atoms with Gasteiger partial charge in [0.2, 0.25) is 11.8 Å². The fourth-order valence-electron chi connectivity index (χ4n) is 1.77. The fourth-order valence-corrected chi connectivity index (χ4v) is 1.77. The molecule has 2 N–H and O–H groups in total. The van der Waals surface area contributed by atoms with Gasteiger partial charge >= 0.3 is 6.01 Å². The molecule has 1 aromatic rings. The van der Waals surface area contributed by atoms with Crippen LogP contribution in [0.5, 0.6) is 0 Å². The molecule has 100 valence electrons. The second kappa shape index (κ2) is 5.34. The van der Waals surface area contributed by atoms with E-state index in [-0.39, 0.29) is 11.9 Å². The summed E-state index contributed by atoms with van der Waals surface area (Å²) in [7, 11) is 0. The summed E-state index contributed by atoms with van der Waals surface area (Å²) in [5.74, 6) is 0.526. The van der Waals surface area contributed by atoms with Crippen LogP contribution >= 0.6 is 0 Å². The van der Waals surface area contributed by atoms with Crippen molar-refractivity contribution >= 4 is 11.9 Å². The van der Waals surface area contributed by atoms with E-state index in [9.17, 15) is 4.79 Å². The molecule has 0 bridgehead atoms. The molecule has 1 aliphatic rings. The van der Waals surface area contributed by atoms with E-state index in [1.54, 1.807) is 0 Å². The average Bonchev–Trinajstić information content (AvgIpc) is 2.78. The van der Waals surface area contributed by atoms with E-state index in [1.165, 1.54) is 0 Å². The Balaban J connectivity index is 2.02. The molecule has 1 aromatic heterocycles. The standard InChI is InChI=1S/C11H19N5O2/c1-7(2)13-6-9-14-15-11(18-9)16-5-4-12-10(17)8(16)3/h7-8,13H,4-6H2,1-3H3,(H,12,17). The minimum atomic E-state index is -0.273. The van der Waals surface area contributed by atoms with Crippen molar-refractivity contribution in [1.29, 1.82) is 0 Å². The van der Waals surface area contributed by atoms with Gasteiger partial charge in [-0.3, -0.25) is 4.79 Å². The molecule has 0 saturated carbocycles. The van der Waals surface area contributed by atoms with Crippen molar-refractivity contribution in [2.75, 3.05) is 18.0 Å². The van der Waals surface area contributed by atoms with Crippen molar-refractivity contribution < 1.29 is 9.21 Å². The predicted molar refractivity (Wildman–Crippen MR) is 66.1 cm³/mol. The van der Waals surface area contributed by atoms with Crippen LogP contribution in [0, 0.1) is 0 Å². The van der Waals surface area contributed by atoms with E-state index < -0.39 is 0 Å². The molecular weight excluding hydrogens is 234 g/mol. The summed E-state index contributed by atoms with van der Waals surface area (Å²) >= 11 is 0. The number of anilines is 1. The number of hydrogen-bond donors (Lipinski definition) is 2. The Hall–Kier alpha value is -1.63. The molecule has 1 atom stereocenters. The third kappa shape index (κ3) is 2.79. The third-order valence-corrected chi connectivity index (χ3v) is 2.86. The first-order chi connectivity index (χ1) is 8.58. The highest BCUT2D eigenvalue weighted by Gasteiger charge is 2.29. The van der Waals surface area contributed by atoms with E-state index in [1.807, 2.05) is 25.7 Å². The van der Waals surface area contributed by atoms with Crippen molar-refractivity contribution in [3.05, 3.63) is 5.89 Å². The lowest BCUT2D eigenvalue weighted by Gasteiger charge is -2.30. The van der Waals surface area contributed by atoms with Gasteiger partial charge in [0.05, 0.1) is 6.54 Å². The summed E-state index contributed by atoms with van der Waals surface area (Å²) in [4.78, 5) is 13.4. The number of rotatable bonds is 4. The number of carbonyl (C=O) groups excluding carboxylic acids is 1. The zero-order chi connectivity index (χ0) is 13.1. The molecule has 1 saturated heterocycles. The van der Waals surface area contributed by atoms with Gasteiger partial charge in [-0.15, -0.1) is 5.10 Å². The minimum absolute atomic E-state index is 0.0127. The average molecular weight is 253 g/mol. The highest BCUT2D eigenvalue weighted by Crippen LogP contribution is 2.16. The van der Waals surface area contributed by atoms with Crippen LogP contribution in [-0.4, -0.2) is 41.3 Å². The van der Waals surface area contributed by atoms with Crippen molar-refractivity contribution in [2.45, 2.75) is 39.4 Å². The molecule has 1 fully saturated rings. The van der Waals surface area contributed by atoms with Crippen LogP contribution in [0.2, 0.25) is 0 Å². The van der Waals surface area contributed by atoms with Gasteiger partial charge in [-0.1, -0.05) is 18.9 Å². The zero-order valence-corrected chi connectivity index (χ0v) is 10.9. The number of nitrogens with one attached hydrogen (secondary N) is 2. The summed E-state index contributed by atoms with van der Waals surface area (Å²) < 4.78 is 5.55. The lowest BCUT2D eigenvalue weighted by molar-refractivity contribution is -0.123. The zero-order valence-electron chi connectivity index (χ0n) is 10.9. The van der Waals surface area contributed by atoms with Crippen LogP contribution in [0.4, 0.5) is 6.01 Å². The monoisotopic (exact) mass is 253 g/mol. The van der Waals surface area contributed by atoms with Gasteiger partial charge in [-0.05, 0) is 6.92 Å². The van der Waals surface area contributed by atoms with Gasteiger partial charge in [-0.25, -0.2) is 0 Å². The van der Waals surface area contributed by atoms with E-state index in [0.29, 0.717) is 37.6 Å². The first kappa shape index (κ1) is 12.8. The first-order valence-corrected chi connectivity index (χ1v) is 6.18. The van der Waals surface area contributed by atoms with Crippen LogP contribution in [0.3, 0.4) is 0 Å². The Morgan fingerprint density at radius 3 is 3.06 bits per heavy atom. The number of aromatic nitrogens is 2. The summed E-state index contributed by atoms with van der Waals surface area (Å²) in [6.45, 7) is 7.75. The molecule has 0 spiro atoms. The molecule has 0 aliphatic carbocycles. The minimum Gasteiger partial charge on any atom is -0.407 e. The maximum absolute atomic E-state index is 11.5. The van der Waals surface area contributed by atoms with E-state index >= 15 is 0 Å². The molecule has 7 heteroatoms. The Morgan fingerprint density at radius 1 is 1.56 bits per heavy atom. The lowest BCUT2D eigenvalue weighted by Crippen LogP contribution is -2.54. The molecule has 2 heterocycles. The molecule has 0 radical (unpaired) electrons. The molecule has 2 rings (SSSR count). The lowest BCUT2D eigenvalue weighted by atomic mass is 10.2. The normalized spacial score (nSPS) is 20.3. The Labute approximate surface area is 106 Å². The number of amides is 1. The van der Waals surface area contributed by atoms with Gasteiger partial charge in [0, 0.05) is 19.1 Å². The van der Waals surface area contributed by atoms with E-state index in [2.05, 4.69) is 20.8 Å². The summed E-state index contributed by atoms with van der Waals surface area (Å²) in [6, 6.07) is 0.503. The Morgan fingerprint density at radius 2 is 2.33 bits per heavy atom. The van der Waals surface area contributed by atoms with Crippen LogP contribution in [0.15, 0.2) is 4.42 Å². The predicted octanol–water partition coefficient (Wildman–Crippen LogP) is -0.108. The van der Waals surface area contributed by atoms with Crippen molar-refractivity contribution in [3.8, 4) is 0 Å². The second-order valence-corrected chi connectivity index (χ2v) is 4.67. The molecule has 7 nitrogen and oxygen atoms in total.